The van der Waals surface area contributed by atoms with Gasteiger partial charge in [0.2, 0.25) is 5.91 Å². The van der Waals surface area contributed by atoms with E-state index in [0.29, 0.717) is 25.7 Å². The van der Waals surface area contributed by atoms with Crippen molar-refractivity contribution in [2.24, 2.45) is 7.05 Å². The summed E-state index contributed by atoms with van der Waals surface area (Å²) in [6, 6.07) is 0.698. The number of likely N-dealkylation sites (tertiary alicyclic amines) is 1. The third kappa shape index (κ3) is 2.95. The molecule has 3 heterocycles. The fourth-order valence-electron chi connectivity index (χ4n) is 4.53. The third-order valence-corrected chi connectivity index (χ3v) is 5.79. The van der Waals surface area contributed by atoms with Crippen LogP contribution >= 0.6 is 0 Å². The zero-order valence-electron chi connectivity index (χ0n) is 14.4. The largest absolute Gasteiger partial charge is 0.366 e. The Kier molecular flexibility index (Phi) is 4.54. The van der Waals surface area contributed by atoms with Crippen molar-refractivity contribution in [3.8, 4) is 0 Å². The lowest BCUT2D eigenvalue weighted by atomic mass is 10.1. The topological polar surface area (TPSA) is 63.5 Å². The van der Waals surface area contributed by atoms with Crippen LogP contribution in [-0.4, -0.2) is 68.8 Å². The average molecular weight is 333 g/mol. The summed E-state index contributed by atoms with van der Waals surface area (Å²) in [7, 11) is 1.91. The number of hydrogen-bond acceptors (Lipinski definition) is 5. The number of morpholine rings is 1. The highest BCUT2D eigenvalue weighted by Crippen LogP contribution is 2.31. The second-order valence-corrected chi connectivity index (χ2v) is 7.28. The smallest absolute Gasteiger partial charge is 0.240 e. The Morgan fingerprint density at radius 3 is 2.79 bits per heavy atom. The molecule has 2 aliphatic heterocycles. The number of hydrogen-bond donors (Lipinski definition) is 0. The number of aromatic nitrogens is 3. The van der Waals surface area contributed by atoms with E-state index in [1.54, 1.807) is 6.33 Å². The standard InChI is InChI=1S/C17H27N5O2/c1-20-12-18-19-16(20)15-11-21(9-10-24-15)17(23)14-7-4-8-22(14)13-5-2-3-6-13/h12-15H,2-11H2,1H3/t14-,15+/m0/s1. The average Bonchev–Trinajstić information content (AvgIpc) is 3.34. The van der Waals surface area contributed by atoms with Gasteiger partial charge in [-0.25, -0.2) is 0 Å². The SMILES string of the molecule is Cn1cnnc1[C@H]1CN(C(=O)[C@@H]2CCCN2C2CCCC2)CCO1. The lowest BCUT2D eigenvalue weighted by molar-refractivity contribution is -0.144. The molecule has 132 valence electrons. The van der Waals surface area contributed by atoms with E-state index in [1.807, 2.05) is 16.5 Å². The monoisotopic (exact) mass is 333 g/mol. The summed E-state index contributed by atoms with van der Waals surface area (Å²) in [5, 5.41) is 8.08. The van der Waals surface area contributed by atoms with Crippen LogP contribution in [0.25, 0.3) is 0 Å². The van der Waals surface area contributed by atoms with Crippen LogP contribution < -0.4 is 0 Å². The third-order valence-electron chi connectivity index (χ3n) is 5.79. The first kappa shape index (κ1) is 16.0. The molecule has 7 heteroatoms. The molecule has 1 aromatic heterocycles. The summed E-state index contributed by atoms with van der Waals surface area (Å²) in [6.45, 7) is 2.92. The second kappa shape index (κ2) is 6.80. The van der Waals surface area contributed by atoms with Gasteiger partial charge in [0.05, 0.1) is 19.2 Å². The summed E-state index contributed by atoms with van der Waals surface area (Å²) >= 11 is 0. The molecule has 0 bridgehead atoms. The maximum absolute atomic E-state index is 13.2. The Hall–Kier alpha value is -1.47. The van der Waals surface area contributed by atoms with Gasteiger partial charge in [0.25, 0.3) is 0 Å². The highest BCUT2D eigenvalue weighted by molar-refractivity contribution is 5.82. The molecule has 1 saturated carbocycles. The van der Waals surface area contributed by atoms with Crippen LogP contribution in [-0.2, 0) is 16.6 Å². The summed E-state index contributed by atoms with van der Waals surface area (Å²) in [4.78, 5) is 17.6. The van der Waals surface area contributed by atoms with E-state index in [4.69, 9.17) is 4.74 Å². The summed E-state index contributed by atoms with van der Waals surface area (Å²) < 4.78 is 7.72. The number of carbonyl (C=O) groups is 1. The molecule has 0 unspecified atom stereocenters. The van der Waals surface area contributed by atoms with Gasteiger partial charge in [0.15, 0.2) is 5.82 Å². The summed E-state index contributed by atoms with van der Waals surface area (Å²) in [6.07, 6.45) is 8.80. The predicted molar refractivity (Wildman–Crippen MR) is 88.3 cm³/mol. The van der Waals surface area contributed by atoms with Gasteiger partial charge in [-0.05, 0) is 32.2 Å². The van der Waals surface area contributed by atoms with Crippen molar-refractivity contribution in [1.82, 2.24) is 24.6 Å². The van der Waals surface area contributed by atoms with E-state index >= 15 is 0 Å². The van der Waals surface area contributed by atoms with Crippen molar-refractivity contribution in [1.29, 1.82) is 0 Å². The van der Waals surface area contributed by atoms with Crippen molar-refractivity contribution < 1.29 is 9.53 Å². The predicted octanol–water partition coefficient (Wildman–Crippen LogP) is 1.12. The number of ether oxygens (including phenoxy) is 1. The van der Waals surface area contributed by atoms with E-state index in [2.05, 4.69) is 15.1 Å². The molecule has 3 fully saturated rings. The first-order valence-corrected chi connectivity index (χ1v) is 9.24. The molecule has 24 heavy (non-hydrogen) atoms. The van der Waals surface area contributed by atoms with Crippen LogP contribution in [0.5, 0.6) is 0 Å². The van der Waals surface area contributed by atoms with Crippen LogP contribution in [0.4, 0.5) is 0 Å². The van der Waals surface area contributed by atoms with Crippen molar-refractivity contribution in [2.75, 3.05) is 26.2 Å². The van der Waals surface area contributed by atoms with Crippen molar-refractivity contribution in [2.45, 2.75) is 56.7 Å². The number of rotatable bonds is 3. The Balaban J connectivity index is 1.44. The minimum absolute atomic E-state index is 0.0753. The molecule has 0 spiro atoms. The minimum atomic E-state index is -0.170. The Morgan fingerprint density at radius 1 is 1.21 bits per heavy atom. The normalized spacial score (nSPS) is 29.5. The van der Waals surface area contributed by atoms with Crippen LogP contribution in [0.15, 0.2) is 6.33 Å². The molecule has 7 nitrogen and oxygen atoms in total. The molecule has 0 aromatic carbocycles. The molecule has 0 N–H and O–H groups in total. The molecule has 1 aliphatic carbocycles. The highest BCUT2D eigenvalue weighted by atomic mass is 16.5. The number of amides is 1. The molecule has 0 radical (unpaired) electrons. The van der Waals surface area contributed by atoms with Gasteiger partial charge in [-0.2, -0.15) is 0 Å². The maximum Gasteiger partial charge on any atom is 0.240 e. The van der Waals surface area contributed by atoms with Crippen molar-refractivity contribution in [3.05, 3.63) is 12.2 Å². The van der Waals surface area contributed by atoms with Crippen molar-refractivity contribution >= 4 is 5.91 Å². The fraction of sp³-hybridized carbons (Fsp3) is 0.824. The Morgan fingerprint density at radius 2 is 2.04 bits per heavy atom. The van der Waals surface area contributed by atoms with Crippen molar-refractivity contribution in [3.63, 3.8) is 0 Å². The zero-order valence-corrected chi connectivity index (χ0v) is 14.4. The summed E-state index contributed by atoms with van der Waals surface area (Å²) in [5.74, 6) is 1.08. The maximum atomic E-state index is 13.2. The van der Waals surface area contributed by atoms with Crippen LogP contribution in [0.3, 0.4) is 0 Å². The zero-order chi connectivity index (χ0) is 16.5. The van der Waals surface area contributed by atoms with Gasteiger partial charge in [-0.15, -0.1) is 10.2 Å². The van der Waals surface area contributed by atoms with Gasteiger partial charge in [-0.1, -0.05) is 12.8 Å². The molecule has 2 atom stereocenters. The molecule has 2 saturated heterocycles. The molecule has 3 aliphatic rings. The number of nitrogens with zero attached hydrogens (tertiary/aromatic N) is 5. The van der Waals surface area contributed by atoms with Gasteiger partial charge in [0.1, 0.15) is 12.4 Å². The van der Waals surface area contributed by atoms with Gasteiger partial charge in [-0.3, -0.25) is 9.69 Å². The number of aryl methyl sites for hydroxylation is 1. The summed E-state index contributed by atoms with van der Waals surface area (Å²) in [5.41, 5.74) is 0. The van der Waals surface area contributed by atoms with E-state index in [0.717, 1.165) is 25.2 Å². The quantitative estimate of drug-likeness (QED) is 0.829. The van der Waals surface area contributed by atoms with Crippen LogP contribution in [0.1, 0.15) is 50.5 Å². The lowest BCUT2D eigenvalue weighted by Gasteiger charge is -2.37. The van der Waals surface area contributed by atoms with Crippen LogP contribution in [0, 0.1) is 0 Å². The molecular weight excluding hydrogens is 306 g/mol. The van der Waals surface area contributed by atoms with Gasteiger partial charge >= 0.3 is 0 Å². The second-order valence-electron chi connectivity index (χ2n) is 7.28. The Bertz CT molecular complexity index is 583. The highest BCUT2D eigenvalue weighted by Gasteiger charge is 2.40. The molecule has 1 aromatic rings. The first-order valence-electron chi connectivity index (χ1n) is 9.24. The van der Waals surface area contributed by atoms with Gasteiger partial charge in [0, 0.05) is 19.6 Å². The van der Waals surface area contributed by atoms with E-state index in [-0.39, 0.29) is 18.1 Å². The van der Waals surface area contributed by atoms with Gasteiger partial charge < -0.3 is 14.2 Å². The first-order chi connectivity index (χ1) is 11.7. The lowest BCUT2D eigenvalue weighted by Crippen LogP contribution is -2.52. The van der Waals surface area contributed by atoms with E-state index < -0.39 is 0 Å². The Labute approximate surface area is 143 Å². The minimum Gasteiger partial charge on any atom is -0.366 e. The number of carbonyl (C=O) groups excluding carboxylic acids is 1. The van der Waals surface area contributed by atoms with Crippen LogP contribution in [0.2, 0.25) is 0 Å². The molecule has 1 amide bonds. The molecular formula is C17H27N5O2. The van der Waals surface area contributed by atoms with E-state index in [1.165, 1.54) is 25.7 Å². The van der Waals surface area contributed by atoms with E-state index in [9.17, 15) is 4.79 Å². The molecule has 4 rings (SSSR count). The fourth-order valence-corrected chi connectivity index (χ4v) is 4.53.